The molecule has 0 saturated carbocycles. The summed E-state index contributed by atoms with van der Waals surface area (Å²) in [6.45, 7) is 4.75. The first-order valence-corrected chi connectivity index (χ1v) is 0.224. The van der Waals surface area contributed by atoms with Gasteiger partial charge in [0.25, 0.3) is 0 Å². The minimum atomic E-state index is 0. The summed E-state index contributed by atoms with van der Waals surface area (Å²) < 4.78 is 0. The van der Waals surface area contributed by atoms with Crippen molar-refractivity contribution in [3.63, 3.8) is 0 Å². The first kappa shape index (κ1) is 23.2. The van der Waals surface area contributed by atoms with Crippen molar-refractivity contribution in [2.45, 2.75) is 0 Å². The molecular formula is CCrNV-. The van der Waals surface area contributed by atoms with Crippen LogP contribution < -0.4 is 0 Å². The Bertz CT molecular complexity index is 12.8. The predicted octanol–water partition coefficient (Wildman–Crippen LogP) is 0.0914. The third-order valence-corrected chi connectivity index (χ3v) is 0. The van der Waals surface area contributed by atoms with E-state index in [4.69, 9.17) is 11.8 Å². The monoisotopic (exact) mass is 129 g/mol. The average molecular weight is 129 g/mol. The Morgan fingerprint density at radius 3 is 1.25 bits per heavy atom. The molecule has 0 atom stereocenters. The number of rotatable bonds is 0. The second kappa shape index (κ2) is 66.6. The molecule has 1 nitrogen and oxygen atoms in total. The van der Waals surface area contributed by atoms with Gasteiger partial charge in [0.05, 0.1) is 0 Å². The van der Waals surface area contributed by atoms with E-state index < -0.39 is 0 Å². The molecule has 0 aliphatic rings. The molecule has 0 heterocycles. The van der Waals surface area contributed by atoms with Gasteiger partial charge in [0.1, 0.15) is 0 Å². The first-order chi connectivity index (χ1) is 1.00. The van der Waals surface area contributed by atoms with E-state index in [0.717, 1.165) is 0 Å². The van der Waals surface area contributed by atoms with E-state index in [2.05, 4.69) is 0 Å². The van der Waals surface area contributed by atoms with Crippen LogP contribution in [0, 0.1) is 11.8 Å². The van der Waals surface area contributed by atoms with Gasteiger partial charge in [-0.25, -0.2) is 0 Å². The molecule has 3 heteroatoms. The van der Waals surface area contributed by atoms with E-state index in [1.165, 1.54) is 0 Å². The number of hydrogen-bond acceptors (Lipinski definition) is 1. The average Bonchev–Trinajstić information content (AvgIpc) is 1.00. The maximum atomic E-state index is 6.25. The van der Waals surface area contributed by atoms with Crippen molar-refractivity contribution in [1.82, 2.24) is 0 Å². The van der Waals surface area contributed by atoms with Gasteiger partial charge in [-0.05, 0) is 0 Å². The Hall–Kier alpha value is 0.607. The summed E-state index contributed by atoms with van der Waals surface area (Å²) in [4.78, 5) is 0. The van der Waals surface area contributed by atoms with Crippen LogP contribution >= 0.6 is 0 Å². The van der Waals surface area contributed by atoms with E-state index in [1.54, 1.807) is 0 Å². The van der Waals surface area contributed by atoms with Gasteiger partial charge in [-0.15, -0.1) is 0 Å². The topological polar surface area (TPSA) is 23.8 Å². The van der Waals surface area contributed by atoms with Crippen LogP contribution in [-0.4, -0.2) is 0 Å². The molecule has 4 heavy (non-hydrogen) atoms. The van der Waals surface area contributed by atoms with E-state index in [1.807, 2.05) is 0 Å². The normalized spacial score (nSPS) is 0.500. The Morgan fingerprint density at radius 2 is 1.25 bits per heavy atom. The maximum absolute atomic E-state index is 6.25. The molecule has 0 fully saturated rings. The molecule has 0 aliphatic carbocycles. The third-order valence-electron chi connectivity index (χ3n) is 0. The fourth-order valence-electron chi connectivity index (χ4n) is 0. The summed E-state index contributed by atoms with van der Waals surface area (Å²) in [5.41, 5.74) is 0. The molecule has 21 valence electrons. The fourth-order valence-corrected chi connectivity index (χ4v) is 0. The predicted molar refractivity (Wildman–Crippen MR) is 4.97 cm³/mol. The number of hydrogen-bond donors (Lipinski definition) is 0. The van der Waals surface area contributed by atoms with Gasteiger partial charge in [0.15, 0.2) is 0 Å². The van der Waals surface area contributed by atoms with Gasteiger partial charge in [-0.3, -0.25) is 0 Å². The Balaban J connectivity index is -0.00000000500. The Labute approximate surface area is 48.0 Å². The summed E-state index contributed by atoms with van der Waals surface area (Å²) in [7, 11) is 0. The molecule has 0 N–H and O–H groups in total. The molecule has 0 aromatic rings. The van der Waals surface area contributed by atoms with Gasteiger partial charge in [0, 0.05) is 35.9 Å². The second-order valence-electron chi connectivity index (χ2n) is 0. The van der Waals surface area contributed by atoms with E-state index in [-0.39, 0.29) is 35.9 Å². The summed E-state index contributed by atoms with van der Waals surface area (Å²) in [5.74, 6) is 0. The zero-order valence-electron chi connectivity index (χ0n) is 1.80. The summed E-state index contributed by atoms with van der Waals surface area (Å²) in [5, 5.41) is 6.25. The van der Waals surface area contributed by atoms with E-state index in [0.29, 0.717) is 0 Å². The molecule has 0 spiro atoms. The van der Waals surface area contributed by atoms with E-state index >= 15 is 0 Å². The molecule has 0 aromatic carbocycles. The van der Waals surface area contributed by atoms with Crippen molar-refractivity contribution in [3.8, 4) is 0 Å². The molecule has 0 rings (SSSR count). The van der Waals surface area contributed by atoms with Crippen molar-refractivity contribution >= 4 is 0 Å². The van der Waals surface area contributed by atoms with Crippen LogP contribution in [0.3, 0.4) is 0 Å². The number of nitrogens with zero attached hydrogens (tertiary/aromatic N) is 1. The fraction of sp³-hybridized carbons (Fsp3) is 0. The molecule has 0 bridgehead atoms. The summed E-state index contributed by atoms with van der Waals surface area (Å²) in [6.07, 6.45) is 0. The van der Waals surface area contributed by atoms with Crippen LogP contribution in [0.5, 0.6) is 0 Å². The van der Waals surface area contributed by atoms with Gasteiger partial charge in [-0.1, -0.05) is 0 Å². The zero-order valence-corrected chi connectivity index (χ0v) is 4.47. The quantitative estimate of drug-likeness (QED) is 0.425. The third kappa shape index (κ3) is 18.3. The van der Waals surface area contributed by atoms with Gasteiger partial charge in [0.2, 0.25) is 0 Å². The smallest absolute Gasteiger partial charge is 0 e. The van der Waals surface area contributed by atoms with Crippen LogP contribution in [0.1, 0.15) is 0 Å². The minimum absolute atomic E-state index is 0. The largest absolute Gasteiger partial charge is 0.512 e. The zero-order chi connectivity index (χ0) is 2.00. The van der Waals surface area contributed by atoms with Crippen molar-refractivity contribution in [1.29, 1.82) is 5.26 Å². The minimum Gasteiger partial charge on any atom is -0.512 e. The molecular weight excluding hydrogens is 129 g/mol. The molecule has 0 aromatic heterocycles. The van der Waals surface area contributed by atoms with Gasteiger partial charge < -0.3 is 11.8 Å². The molecule has 0 unspecified atom stereocenters. The van der Waals surface area contributed by atoms with Crippen molar-refractivity contribution in [2.24, 2.45) is 0 Å². The molecule has 1 radical (unpaired) electrons. The standard InChI is InChI=1S/CN.Cr.V/c1-2;;/q-1;;. The SMILES string of the molecule is [C-]#N.[Cr].[V]. The Morgan fingerprint density at radius 1 is 1.25 bits per heavy atom. The van der Waals surface area contributed by atoms with E-state index in [9.17, 15) is 0 Å². The molecule has 0 saturated heterocycles. The Kier molecular flexibility index (Phi) is 386. The maximum Gasteiger partial charge on any atom is 0 e. The summed E-state index contributed by atoms with van der Waals surface area (Å²) >= 11 is 0. The van der Waals surface area contributed by atoms with Crippen molar-refractivity contribution in [3.05, 3.63) is 6.57 Å². The van der Waals surface area contributed by atoms with Crippen LogP contribution in [0.4, 0.5) is 0 Å². The van der Waals surface area contributed by atoms with Crippen molar-refractivity contribution < 1.29 is 35.9 Å². The first-order valence-electron chi connectivity index (χ1n) is 0.224. The van der Waals surface area contributed by atoms with Crippen LogP contribution in [-0.2, 0) is 35.9 Å². The molecule has 0 aliphatic heterocycles. The van der Waals surface area contributed by atoms with Gasteiger partial charge in [-0.2, -0.15) is 0 Å². The van der Waals surface area contributed by atoms with Gasteiger partial charge >= 0.3 is 0 Å². The van der Waals surface area contributed by atoms with Crippen LogP contribution in [0.25, 0.3) is 0 Å². The second-order valence-corrected chi connectivity index (χ2v) is 0. The molecule has 0 amide bonds. The summed E-state index contributed by atoms with van der Waals surface area (Å²) in [6, 6.07) is 0. The van der Waals surface area contributed by atoms with Crippen LogP contribution in [0.15, 0.2) is 0 Å². The van der Waals surface area contributed by atoms with Crippen molar-refractivity contribution in [2.75, 3.05) is 0 Å². The van der Waals surface area contributed by atoms with Crippen LogP contribution in [0.2, 0.25) is 0 Å².